The Kier molecular flexibility index (Phi) is 4.08. The fraction of sp³-hybridized carbons (Fsp3) is 0.267. The Morgan fingerprint density at radius 2 is 2.35 bits per heavy atom. The molecule has 0 bridgehead atoms. The third kappa shape index (κ3) is 2.88. The van der Waals surface area contributed by atoms with Crippen LogP contribution in [0, 0.1) is 0 Å². The Balaban J connectivity index is 1.71. The summed E-state index contributed by atoms with van der Waals surface area (Å²) < 4.78 is 6.03. The molecule has 5 heteroatoms. The lowest BCUT2D eigenvalue weighted by Gasteiger charge is -2.22. The number of likely N-dealkylation sites (tertiary alicyclic amines) is 1. The summed E-state index contributed by atoms with van der Waals surface area (Å²) in [6.45, 7) is 0.827. The molecule has 1 amide bonds. The molecule has 1 fully saturated rings. The number of hydrogen-bond donors (Lipinski definition) is 0. The van der Waals surface area contributed by atoms with Gasteiger partial charge in [0.1, 0.15) is 5.76 Å². The molecule has 3 heterocycles. The molecule has 1 unspecified atom stereocenters. The topological polar surface area (TPSA) is 33.5 Å². The fourth-order valence-corrected chi connectivity index (χ4v) is 3.67. The van der Waals surface area contributed by atoms with Crippen LogP contribution in [0.3, 0.4) is 0 Å². The summed E-state index contributed by atoms with van der Waals surface area (Å²) in [5.41, 5.74) is 0. The molecule has 0 radical (unpaired) electrons. The van der Waals surface area contributed by atoms with Crippen LogP contribution >= 0.6 is 27.3 Å². The molecular formula is C15H14BrNO2S. The van der Waals surface area contributed by atoms with Crippen LogP contribution in [0.15, 0.2) is 44.8 Å². The van der Waals surface area contributed by atoms with Crippen molar-refractivity contribution in [3.8, 4) is 0 Å². The molecule has 2 aromatic rings. The van der Waals surface area contributed by atoms with Gasteiger partial charge in [0.25, 0.3) is 0 Å². The second kappa shape index (κ2) is 5.97. The van der Waals surface area contributed by atoms with Crippen LogP contribution in [0.1, 0.15) is 29.5 Å². The third-order valence-corrected chi connectivity index (χ3v) is 4.79. The van der Waals surface area contributed by atoms with Crippen LogP contribution in [-0.2, 0) is 4.79 Å². The van der Waals surface area contributed by atoms with Gasteiger partial charge >= 0.3 is 0 Å². The molecule has 1 aliphatic rings. The maximum atomic E-state index is 12.3. The minimum absolute atomic E-state index is 0.0495. The van der Waals surface area contributed by atoms with Crippen LogP contribution in [0.25, 0.3) is 6.08 Å². The van der Waals surface area contributed by atoms with E-state index in [4.69, 9.17) is 4.42 Å². The van der Waals surface area contributed by atoms with Crippen LogP contribution in [0.5, 0.6) is 0 Å². The molecule has 0 spiro atoms. The molecule has 20 heavy (non-hydrogen) atoms. The van der Waals surface area contributed by atoms with Gasteiger partial charge < -0.3 is 9.32 Å². The highest BCUT2D eigenvalue weighted by Gasteiger charge is 2.29. The number of furan rings is 1. The number of carbonyl (C=O) groups is 1. The third-order valence-electron chi connectivity index (χ3n) is 3.39. The second-order valence-corrected chi connectivity index (χ2v) is 6.44. The fourth-order valence-electron chi connectivity index (χ4n) is 2.47. The van der Waals surface area contributed by atoms with E-state index in [1.165, 1.54) is 4.88 Å². The first-order valence-corrected chi connectivity index (χ1v) is 8.19. The van der Waals surface area contributed by atoms with Gasteiger partial charge in [0, 0.05) is 17.5 Å². The summed E-state index contributed by atoms with van der Waals surface area (Å²) in [6, 6.07) is 8.02. The van der Waals surface area contributed by atoms with Crippen molar-refractivity contribution in [2.24, 2.45) is 0 Å². The first kappa shape index (κ1) is 13.6. The summed E-state index contributed by atoms with van der Waals surface area (Å²) >= 11 is 4.96. The van der Waals surface area contributed by atoms with Crippen molar-refractivity contribution < 1.29 is 9.21 Å². The minimum Gasteiger partial charge on any atom is -0.450 e. The average Bonchev–Trinajstić information content (AvgIpc) is 3.16. The van der Waals surface area contributed by atoms with E-state index in [1.54, 1.807) is 23.5 Å². The Hall–Kier alpha value is -1.33. The second-order valence-electron chi connectivity index (χ2n) is 4.68. The molecule has 1 saturated heterocycles. The standard InChI is InChI=1S/C15H14BrNO2S/c16-14-7-5-11(19-14)6-8-15(18)17-9-1-3-12(17)13-4-2-10-20-13/h2,4-8,10,12H,1,3,9H2. The minimum atomic E-state index is 0.0495. The zero-order chi connectivity index (χ0) is 13.9. The van der Waals surface area contributed by atoms with Crippen LogP contribution < -0.4 is 0 Å². The predicted molar refractivity (Wildman–Crippen MR) is 83.4 cm³/mol. The smallest absolute Gasteiger partial charge is 0.247 e. The van der Waals surface area contributed by atoms with E-state index >= 15 is 0 Å². The van der Waals surface area contributed by atoms with Crippen molar-refractivity contribution in [3.05, 3.63) is 51.0 Å². The van der Waals surface area contributed by atoms with Gasteiger partial charge in [-0.15, -0.1) is 11.3 Å². The number of hydrogen-bond acceptors (Lipinski definition) is 3. The average molecular weight is 352 g/mol. The Labute approximate surface area is 130 Å². The van der Waals surface area contributed by atoms with E-state index in [0.717, 1.165) is 19.4 Å². The van der Waals surface area contributed by atoms with Gasteiger partial charge in [0.05, 0.1) is 6.04 Å². The van der Waals surface area contributed by atoms with Crippen molar-refractivity contribution in [3.63, 3.8) is 0 Å². The van der Waals surface area contributed by atoms with E-state index in [-0.39, 0.29) is 11.9 Å². The molecule has 2 aromatic heterocycles. The van der Waals surface area contributed by atoms with Crippen molar-refractivity contribution in [1.29, 1.82) is 0 Å². The first-order valence-electron chi connectivity index (χ1n) is 6.51. The summed E-state index contributed by atoms with van der Waals surface area (Å²) in [7, 11) is 0. The van der Waals surface area contributed by atoms with Crippen molar-refractivity contribution >= 4 is 39.2 Å². The Morgan fingerprint density at radius 3 is 3.05 bits per heavy atom. The van der Waals surface area contributed by atoms with E-state index < -0.39 is 0 Å². The molecule has 1 atom stereocenters. The number of carbonyl (C=O) groups excluding carboxylic acids is 1. The lowest BCUT2D eigenvalue weighted by atomic mass is 10.2. The van der Waals surface area contributed by atoms with Gasteiger partial charge in [-0.05, 0) is 58.4 Å². The van der Waals surface area contributed by atoms with Crippen LogP contribution in [0.4, 0.5) is 0 Å². The Morgan fingerprint density at radius 1 is 1.45 bits per heavy atom. The molecular weight excluding hydrogens is 338 g/mol. The monoisotopic (exact) mass is 351 g/mol. The predicted octanol–water partition coefficient (Wildman–Crippen LogP) is 4.48. The summed E-state index contributed by atoms with van der Waals surface area (Å²) in [6.07, 6.45) is 5.43. The molecule has 0 N–H and O–H groups in total. The number of rotatable bonds is 3. The van der Waals surface area contributed by atoms with Gasteiger partial charge in [0.15, 0.2) is 4.67 Å². The van der Waals surface area contributed by atoms with Crippen molar-refractivity contribution in [1.82, 2.24) is 4.90 Å². The van der Waals surface area contributed by atoms with Crippen molar-refractivity contribution in [2.45, 2.75) is 18.9 Å². The highest BCUT2D eigenvalue weighted by molar-refractivity contribution is 9.10. The number of thiophene rings is 1. The number of nitrogens with zero attached hydrogens (tertiary/aromatic N) is 1. The lowest BCUT2D eigenvalue weighted by molar-refractivity contribution is -0.126. The van der Waals surface area contributed by atoms with E-state index in [1.807, 2.05) is 23.1 Å². The number of amides is 1. The summed E-state index contributed by atoms with van der Waals surface area (Å²) in [4.78, 5) is 15.5. The zero-order valence-electron chi connectivity index (χ0n) is 10.8. The van der Waals surface area contributed by atoms with E-state index in [9.17, 15) is 4.79 Å². The summed E-state index contributed by atoms with van der Waals surface area (Å²) in [5, 5.41) is 2.06. The molecule has 0 aliphatic carbocycles. The molecule has 0 saturated carbocycles. The zero-order valence-corrected chi connectivity index (χ0v) is 13.2. The normalized spacial score (nSPS) is 19.1. The van der Waals surface area contributed by atoms with E-state index in [2.05, 4.69) is 27.4 Å². The van der Waals surface area contributed by atoms with E-state index in [0.29, 0.717) is 10.4 Å². The largest absolute Gasteiger partial charge is 0.450 e. The van der Waals surface area contributed by atoms with Gasteiger partial charge in [-0.25, -0.2) is 0 Å². The maximum absolute atomic E-state index is 12.3. The van der Waals surface area contributed by atoms with Gasteiger partial charge in [0.2, 0.25) is 5.91 Å². The van der Waals surface area contributed by atoms with Crippen molar-refractivity contribution in [2.75, 3.05) is 6.54 Å². The van der Waals surface area contributed by atoms with Gasteiger partial charge in [-0.2, -0.15) is 0 Å². The SMILES string of the molecule is O=C(C=Cc1ccc(Br)o1)N1CCCC1c1cccs1. The lowest BCUT2D eigenvalue weighted by Crippen LogP contribution is -2.28. The molecule has 3 rings (SSSR count). The highest BCUT2D eigenvalue weighted by Crippen LogP contribution is 2.34. The maximum Gasteiger partial charge on any atom is 0.247 e. The molecule has 1 aliphatic heterocycles. The molecule has 0 aromatic carbocycles. The Bertz CT molecular complexity index is 618. The highest BCUT2D eigenvalue weighted by atomic mass is 79.9. The van der Waals surface area contributed by atoms with Gasteiger partial charge in [-0.3, -0.25) is 4.79 Å². The van der Waals surface area contributed by atoms with Gasteiger partial charge in [-0.1, -0.05) is 6.07 Å². The summed E-state index contributed by atoms with van der Waals surface area (Å²) in [5.74, 6) is 0.727. The molecule has 104 valence electrons. The number of halogens is 1. The molecule has 3 nitrogen and oxygen atoms in total. The quantitative estimate of drug-likeness (QED) is 0.763. The van der Waals surface area contributed by atoms with Crippen LogP contribution in [0.2, 0.25) is 0 Å². The first-order chi connectivity index (χ1) is 9.74. The van der Waals surface area contributed by atoms with Crippen LogP contribution in [-0.4, -0.2) is 17.4 Å².